The molecule has 1 saturated heterocycles. The van der Waals surface area contributed by atoms with Crippen molar-refractivity contribution in [3.05, 3.63) is 35.1 Å². The first-order valence-corrected chi connectivity index (χ1v) is 6.98. The van der Waals surface area contributed by atoms with E-state index in [1.54, 1.807) is 11.2 Å². The van der Waals surface area contributed by atoms with Gasteiger partial charge in [0.1, 0.15) is 5.58 Å². The number of furan rings is 1. The normalized spacial score (nSPS) is 18.9. The minimum absolute atomic E-state index is 0.0579. The minimum atomic E-state index is -0.370. The molecular formula is C16H19NO3. The number of β-amino-alcohol motifs (C(OH)–C–C–N with tert-alkyl or cyclic N) is 1. The zero-order valence-corrected chi connectivity index (χ0v) is 11.8. The molecule has 1 aromatic heterocycles. The number of fused-ring (bicyclic) bond motifs is 1. The van der Waals surface area contributed by atoms with Gasteiger partial charge in [0.25, 0.3) is 0 Å². The second-order valence-electron chi connectivity index (χ2n) is 5.60. The fraction of sp³-hybridized carbons (Fsp3) is 0.438. The fourth-order valence-electron chi connectivity index (χ4n) is 2.77. The molecule has 1 fully saturated rings. The fourth-order valence-corrected chi connectivity index (χ4v) is 2.77. The van der Waals surface area contributed by atoms with E-state index in [-0.39, 0.29) is 12.0 Å². The Kier molecular flexibility index (Phi) is 3.26. The smallest absolute Gasteiger partial charge is 0.227 e. The molecule has 0 spiro atoms. The van der Waals surface area contributed by atoms with Gasteiger partial charge in [0.05, 0.1) is 18.8 Å². The summed E-state index contributed by atoms with van der Waals surface area (Å²) in [5, 5.41) is 10.5. The van der Waals surface area contributed by atoms with Gasteiger partial charge in [-0.15, -0.1) is 0 Å². The van der Waals surface area contributed by atoms with E-state index >= 15 is 0 Å². The first-order chi connectivity index (χ1) is 9.56. The van der Waals surface area contributed by atoms with Crippen molar-refractivity contribution < 1.29 is 14.3 Å². The van der Waals surface area contributed by atoms with Crippen LogP contribution in [0.15, 0.2) is 22.8 Å². The number of benzene rings is 1. The van der Waals surface area contributed by atoms with Gasteiger partial charge < -0.3 is 14.4 Å². The van der Waals surface area contributed by atoms with E-state index in [0.717, 1.165) is 22.1 Å². The largest absolute Gasteiger partial charge is 0.464 e. The van der Waals surface area contributed by atoms with E-state index in [2.05, 4.69) is 6.07 Å². The summed E-state index contributed by atoms with van der Waals surface area (Å²) in [5.41, 5.74) is 4.11. The lowest BCUT2D eigenvalue weighted by atomic mass is 10.0. The van der Waals surface area contributed by atoms with Crippen molar-refractivity contribution in [3.8, 4) is 0 Å². The summed E-state index contributed by atoms with van der Waals surface area (Å²) >= 11 is 0. The molecule has 1 N–H and O–H groups in total. The molecule has 0 bridgehead atoms. The van der Waals surface area contributed by atoms with E-state index in [4.69, 9.17) is 4.42 Å². The van der Waals surface area contributed by atoms with Crippen molar-refractivity contribution in [3.63, 3.8) is 0 Å². The number of aliphatic hydroxyl groups excluding tert-OH is 1. The third-order valence-corrected chi connectivity index (χ3v) is 4.20. The SMILES string of the molecule is Cc1ccc2c(CC(=O)N3CC[C@H](O)C3)coc2c1C. The molecule has 1 aliphatic rings. The van der Waals surface area contributed by atoms with Crippen molar-refractivity contribution in [2.24, 2.45) is 0 Å². The Morgan fingerprint density at radius 1 is 1.45 bits per heavy atom. The van der Waals surface area contributed by atoms with E-state index in [1.165, 1.54) is 5.56 Å². The quantitative estimate of drug-likeness (QED) is 0.912. The Hall–Kier alpha value is -1.81. The molecule has 1 atom stereocenters. The number of carbonyl (C=O) groups excluding carboxylic acids is 1. The lowest BCUT2D eigenvalue weighted by Crippen LogP contribution is -2.30. The lowest BCUT2D eigenvalue weighted by Gasteiger charge is -2.14. The molecule has 106 valence electrons. The Morgan fingerprint density at radius 2 is 2.25 bits per heavy atom. The van der Waals surface area contributed by atoms with Gasteiger partial charge in [-0.3, -0.25) is 4.79 Å². The zero-order chi connectivity index (χ0) is 14.3. The van der Waals surface area contributed by atoms with E-state index in [0.29, 0.717) is 25.9 Å². The van der Waals surface area contributed by atoms with Gasteiger partial charge >= 0.3 is 0 Å². The predicted octanol–water partition coefficient (Wildman–Crippen LogP) is 2.19. The second-order valence-corrected chi connectivity index (χ2v) is 5.60. The average Bonchev–Trinajstić information content (AvgIpc) is 3.01. The molecule has 2 heterocycles. The van der Waals surface area contributed by atoms with Gasteiger partial charge in [-0.1, -0.05) is 12.1 Å². The lowest BCUT2D eigenvalue weighted by molar-refractivity contribution is -0.129. The summed E-state index contributed by atoms with van der Waals surface area (Å²) in [7, 11) is 0. The Labute approximate surface area is 118 Å². The molecule has 2 aromatic rings. The molecule has 0 saturated carbocycles. The maximum absolute atomic E-state index is 12.2. The topological polar surface area (TPSA) is 53.7 Å². The molecule has 4 heteroatoms. The van der Waals surface area contributed by atoms with E-state index < -0.39 is 0 Å². The van der Waals surface area contributed by atoms with Crippen molar-refractivity contribution >= 4 is 16.9 Å². The van der Waals surface area contributed by atoms with Crippen LogP contribution in [0.4, 0.5) is 0 Å². The van der Waals surface area contributed by atoms with Crippen molar-refractivity contribution in [2.45, 2.75) is 32.8 Å². The number of aliphatic hydroxyl groups is 1. The molecular weight excluding hydrogens is 254 g/mol. The number of rotatable bonds is 2. The third kappa shape index (κ3) is 2.20. The molecule has 0 aliphatic carbocycles. The van der Waals surface area contributed by atoms with Crippen LogP contribution < -0.4 is 0 Å². The first-order valence-electron chi connectivity index (χ1n) is 6.98. The van der Waals surface area contributed by atoms with Gasteiger partial charge in [0, 0.05) is 24.0 Å². The van der Waals surface area contributed by atoms with Gasteiger partial charge in [-0.2, -0.15) is 0 Å². The Morgan fingerprint density at radius 3 is 2.95 bits per heavy atom. The maximum Gasteiger partial charge on any atom is 0.227 e. The van der Waals surface area contributed by atoms with Gasteiger partial charge in [0.15, 0.2) is 0 Å². The minimum Gasteiger partial charge on any atom is -0.464 e. The van der Waals surface area contributed by atoms with Crippen LogP contribution in [0, 0.1) is 13.8 Å². The zero-order valence-electron chi connectivity index (χ0n) is 11.8. The summed E-state index contributed by atoms with van der Waals surface area (Å²) in [5.74, 6) is 0.0579. The van der Waals surface area contributed by atoms with Crippen LogP contribution in [0.1, 0.15) is 23.1 Å². The van der Waals surface area contributed by atoms with Crippen molar-refractivity contribution in [1.82, 2.24) is 4.90 Å². The summed E-state index contributed by atoms with van der Waals surface area (Å²) < 4.78 is 5.63. The number of hydrogen-bond acceptors (Lipinski definition) is 3. The molecule has 1 aliphatic heterocycles. The van der Waals surface area contributed by atoms with Gasteiger partial charge in [-0.05, 0) is 31.4 Å². The molecule has 0 unspecified atom stereocenters. The van der Waals surface area contributed by atoms with Crippen LogP contribution in [-0.2, 0) is 11.2 Å². The number of carbonyl (C=O) groups is 1. The molecule has 4 nitrogen and oxygen atoms in total. The van der Waals surface area contributed by atoms with Crippen LogP contribution in [-0.4, -0.2) is 35.1 Å². The monoisotopic (exact) mass is 273 g/mol. The second kappa shape index (κ2) is 4.94. The predicted molar refractivity (Wildman–Crippen MR) is 76.6 cm³/mol. The number of amides is 1. The van der Waals surface area contributed by atoms with Gasteiger partial charge in [0.2, 0.25) is 5.91 Å². The first kappa shape index (κ1) is 13.2. The number of nitrogens with zero attached hydrogens (tertiary/aromatic N) is 1. The van der Waals surface area contributed by atoms with Crippen LogP contribution in [0.2, 0.25) is 0 Å². The number of likely N-dealkylation sites (tertiary alicyclic amines) is 1. The number of hydrogen-bond donors (Lipinski definition) is 1. The summed E-state index contributed by atoms with van der Waals surface area (Å²) in [6, 6.07) is 4.07. The van der Waals surface area contributed by atoms with Crippen molar-refractivity contribution in [2.75, 3.05) is 13.1 Å². The van der Waals surface area contributed by atoms with Crippen LogP contribution >= 0.6 is 0 Å². The summed E-state index contributed by atoms with van der Waals surface area (Å²) in [6.45, 7) is 5.18. The summed E-state index contributed by atoms with van der Waals surface area (Å²) in [6.07, 6.45) is 2.32. The summed E-state index contributed by atoms with van der Waals surface area (Å²) in [4.78, 5) is 14.0. The standard InChI is InChI=1S/C16H19NO3/c1-10-3-4-14-12(9-20-16(14)11(10)2)7-15(19)17-6-5-13(18)8-17/h3-4,9,13,18H,5-8H2,1-2H3/t13-/m0/s1. The van der Waals surface area contributed by atoms with E-state index in [9.17, 15) is 9.90 Å². The van der Waals surface area contributed by atoms with E-state index in [1.807, 2.05) is 19.9 Å². The van der Waals surface area contributed by atoms with Crippen LogP contribution in [0.5, 0.6) is 0 Å². The van der Waals surface area contributed by atoms with Crippen LogP contribution in [0.25, 0.3) is 11.0 Å². The highest BCUT2D eigenvalue weighted by atomic mass is 16.3. The number of aryl methyl sites for hydroxylation is 2. The third-order valence-electron chi connectivity index (χ3n) is 4.20. The molecule has 3 rings (SSSR count). The van der Waals surface area contributed by atoms with Crippen molar-refractivity contribution in [1.29, 1.82) is 0 Å². The molecule has 0 radical (unpaired) electrons. The maximum atomic E-state index is 12.2. The molecule has 20 heavy (non-hydrogen) atoms. The molecule has 1 aromatic carbocycles. The highest BCUT2D eigenvalue weighted by molar-refractivity contribution is 5.89. The van der Waals surface area contributed by atoms with Crippen LogP contribution in [0.3, 0.4) is 0 Å². The Balaban J connectivity index is 1.85. The highest BCUT2D eigenvalue weighted by Crippen LogP contribution is 2.27. The Bertz CT molecular complexity index is 659. The highest BCUT2D eigenvalue weighted by Gasteiger charge is 2.25. The molecule has 1 amide bonds. The van der Waals surface area contributed by atoms with Gasteiger partial charge in [-0.25, -0.2) is 0 Å². The average molecular weight is 273 g/mol.